The number of hydrogen-bond acceptors (Lipinski definition) is 4. The van der Waals surface area contributed by atoms with Crippen molar-refractivity contribution < 1.29 is 18.9 Å². The molecule has 4 rings (SSSR count). The summed E-state index contributed by atoms with van der Waals surface area (Å²) in [6.45, 7) is 3.75. The van der Waals surface area contributed by atoms with E-state index in [0.29, 0.717) is 36.3 Å². The van der Waals surface area contributed by atoms with Gasteiger partial charge in [-0.1, -0.05) is 0 Å². The van der Waals surface area contributed by atoms with Crippen LogP contribution >= 0.6 is 0 Å². The highest BCUT2D eigenvalue weighted by Crippen LogP contribution is 2.42. The van der Waals surface area contributed by atoms with Crippen molar-refractivity contribution in [2.24, 2.45) is 11.8 Å². The van der Waals surface area contributed by atoms with Crippen LogP contribution in [-0.2, 0) is 18.9 Å². The zero-order chi connectivity index (χ0) is 12.8. The molecule has 0 spiro atoms. The summed E-state index contributed by atoms with van der Waals surface area (Å²) in [4.78, 5) is 0. The highest BCUT2D eigenvalue weighted by Gasteiger charge is 2.47. The van der Waals surface area contributed by atoms with Crippen LogP contribution in [0.1, 0.15) is 39.0 Å². The minimum Gasteiger partial charge on any atom is -0.375 e. The molecule has 0 aromatic carbocycles. The lowest BCUT2D eigenvalue weighted by Gasteiger charge is -2.36. The maximum absolute atomic E-state index is 5.99. The van der Waals surface area contributed by atoms with Crippen molar-refractivity contribution in [1.82, 2.24) is 0 Å². The van der Waals surface area contributed by atoms with Crippen LogP contribution in [0.15, 0.2) is 0 Å². The van der Waals surface area contributed by atoms with Gasteiger partial charge in [-0.3, -0.25) is 0 Å². The molecule has 108 valence electrons. The molecule has 4 aliphatic rings. The first-order valence-electron chi connectivity index (χ1n) is 7.83. The molecule has 1 saturated carbocycles. The zero-order valence-electron chi connectivity index (χ0n) is 11.6. The van der Waals surface area contributed by atoms with E-state index in [4.69, 9.17) is 18.9 Å². The predicted octanol–water partition coefficient (Wildman–Crippen LogP) is 2.11. The minimum atomic E-state index is 0.000210. The molecule has 3 saturated heterocycles. The Balaban J connectivity index is 1.27. The van der Waals surface area contributed by atoms with Crippen LogP contribution in [0.5, 0.6) is 0 Å². The van der Waals surface area contributed by atoms with E-state index in [2.05, 4.69) is 6.92 Å². The normalized spacial score (nSPS) is 53.8. The summed E-state index contributed by atoms with van der Waals surface area (Å²) >= 11 is 0. The van der Waals surface area contributed by atoms with Gasteiger partial charge in [-0.25, -0.2) is 0 Å². The van der Waals surface area contributed by atoms with E-state index in [9.17, 15) is 0 Å². The Hall–Kier alpha value is -0.160. The summed E-state index contributed by atoms with van der Waals surface area (Å²) in [5.41, 5.74) is 0. The summed E-state index contributed by atoms with van der Waals surface area (Å²) in [7, 11) is 0. The minimum absolute atomic E-state index is 0.000210. The first kappa shape index (κ1) is 12.6. The van der Waals surface area contributed by atoms with Gasteiger partial charge in [0.1, 0.15) is 0 Å². The number of hydrogen-bond donors (Lipinski definition) is 0. The van der Waals surface area contributed by atoms with Gasteiger partial charge >= 0.3 is 0 Å². The number of fused-ring (bicyclic) bond motifs is 1. The average Bonchev–Trinajstić information content (AvgIpc) is 3.10. The standard InChI is InChI=1S/C15H24O4/c1-9-2-4-12(18-9)11-7-16-15(17-8-11)10-3-5-13-14(6-10)19-13/h9-15H,2-8H2,1H3/t9?,10?,11?,12-,13?,14?,15?/m0/s1. The molecule has 0 bridgehead atoms. The van der Waals surface area contributed by atoms with E-state index in [1.165, 1.54) is 19.3 Å². The molecule has 0 aromatic heterocycles. The summed E-state index contributed by atoms with van der Waals surface area (Å²) in [6, 6.07) is 0. The molecule has 5 atom stereocenters. The molecule has 0 N–H and O–H groups in total. The Kier molecular flexibility index (Phi) is 3.30. The van der Waals surface area contributed by atoms with Gasteiger partial charge in [-0.05, 0) is 39.0 Å². The molecule has 4 fully saturated rings. The molecular formula is C15H24O4. The Morgan fingerprint density at radius 3 is 2.21 bits per heavy atom. The second kappa shape index (κ2) is 4.99. The predicted molar refractivity (Wildman–Crippen MR) is 68.8 cm³/mol. The third kappa shape index (κ3) is 2.56. The second-order valence-corrected chi connectivity index (χ2v) is 6.64. The first-order chi connectivity index (χ1) is 9.29. The maximum Gasteiger partial charge on any atom is 0.160 e. The van der Waals surface area contributed by atoms with Gasteiger partial charge < -0.3 is 18.9 Å². The Morgan fingerprint density at radius 2 is 1.53 bits per heavy atom. The summed E-state index contributed by atoms with van der Waals surface area (Å²) < 4.78 is 23.5. The Morgan fingerprint density at radius 1 is 0.737 bits per heavy atom. The number of epoxide rings is 1. The van der Waals surface area contributed by atoms with Crippen molar-refractivity contribution in [3.63, 3.8) is 0 Å². The molecule has 19 heavy (non-hydrogen) atoms. The average molecular weight is 268 g/mol. The van der Waals surface area contributed by atoms with Crippen molar-refractivity contribution >= 4 is 0 Å². The lowest BCUT2D eigenvalue weighted by atomic mass is 9.88. The van der Waals surface area contributed by atoms with Crippen LogP contribution in [0, 0.1) is 11.8 Å². The van der Waals surface area contributed by atoms with Crippen LogP contribution in [-0.4, -0.2) is 43.9 Å². The van der Waals surface area contributed by atoms with Gasteiger partial charge in [-0.15, -0.1) is 0 Å². The lowest BCUT2D eigenvalue weighted by molar-refractivity contribution is -0.240. The van der Waals surface area contributed by atoms with Crippen LogP contribution in [0.3, 0.4) is 0 Å². The first-order valence-corrected chi connectivity index (χ1v) is 7.83. The largest absolute Gasteiger partial charge is 0.375 e. The van der Waals surface area contributed by atoms with E-state index in [1.54, 1.807) is 0 Å². The highest BCUT2D eigenvalue weighted by molar-refractivity contribution is 4.93. The quantitative estimate of drug-likeness (QED) is 0.719. The molecule has 3 aliphatic heterocycles. The monoisotopic (exact) mass is 268 g/mol. The van der Waals surface area contributed by atoms with Crippen molar-refractivity contribution in [3.05, 3.63) is 0 Å². The van der Waals surface area contributed by atoms with E-state index < -0.39 is 0 Å². The van der Waals surface area contributed by atoms with Crippen LogP contribution < -0.4 is 0 Å². The van der Waals surface area contributed by atoms with Crippen molar-refractivity contribution in [3.8, 4) is 0 Å². The third-order valence-electron chi connectivity index (χ3n) is 5.17. The second-order valence-electron chi connectivity index (χ2n) is 6.64. The van der Waals surface area contributed by atoms with Crippen LogP contribution in [0.25, 0.3) is 0 Å². The molecule has 1 aliphatic carbocycles. The van der Waals surface area contributed by atoms with E-state index >= 15 is 0 Å². The molecule has 0 amide bonds. The topological polar surface area (TPSA) is 40.2 Å². The van der Waals surface area contributed by atoms with Gasteiger partial charge in [0.15, 0.2) is 6.29 Å². The Bertz CT molecular complexity index is 326. The van der Waals surface area contributed by atoms with Crippen molar-refractivity contribution in [1.29, 1.82) is 0 Å². The molecule has 0 aromatic rings. The molecule has 4 nitrogen and oxygen atoms in total. The number of ether oxygens (including phenoxy) is 4. The van der Waals surface area contributed by atoms with E-state index in [1.807, 2.05) is 0 Å². The van der Waals surface area contributed by atoms with Crippen LogP contribution in [0.2, 0.25) is 0 Å². The molecule has 0 radical (unpaired) electrons. The van der Waals surface area contributed by atoms with Gasteiger partial charge in [0.2, 0.25) is 0 Å². The van der Waals surface area contributed by atoms with E-state index in [0.717, 1.165) is 26.1 Å². The molecular weight excluding hydrogens is 244 g/mol. The third-order valence-corrected chi connectivity index (χ3v) is 5.17. The molecule has 4 heteroatoms. The molecule has 3 heterocycles. The van der Waals surface area contributed by atoms with Crippen molar-refractivity contribution in [2.75, 3.05) is 13.2 Å². The fourth-order valence-electron chi connectivity index (χ4n) is 3.88. The fourth-order valence-corrected chi connectivity index (χ4v) is 3.88. The van der Waals surface area contributed by atoms with Crippen molar-refractivity contribution in [2.45, 2.75) is 69.7 Å². The lowest BCUT2D eigenvalue weighted by Crippen LogP contribution is -2.42. The number of rotatable bonds is 2. The van der Waals surface area contributed by atoms with Gasteiger partial charge in [0, 0.05) is 11.8 Å². The van der Waals surface area contributed by atoms with Gasteiger partial charge in [0.05, 0.1) is 37.6 Å². The van der Waals surface area contributed by atoms with E-state index in [-0.39, 0.29) is 6.29 Å². The van der Waals surface area contributed by atoms with Gasteiger partial charge in [0.25, 0.3) is 0 Å². The van der Waals surface area contributed by atoms with Crippen LogP contribution in [0.4, 0.5) is 0 Å². The smallest absolute Gasteiger partial charge is 0.160 e. The summed E-state index contributed by atoms with van der Waals surface area (Å²) in [5, 5.41) is 0. The highest BCUT2D eigenvalue weighted by atomic mass is 16.7. The summed E-state index contributed by atoms with van der Waals surface area (Å²) in [6.07, 6.45) is 7.64. The zero-order valence-corrected chi connectivity index (χ0v) is 11.6. The molecule has 4 unspecified atom stereocenters. The summed E-state index contributed by atoms with van der Waals surface area (Å²) in [5.74, 6) is 0.961. The SMILES string of the molecule is CC1CC[C@@H](C2COC(C3CCC4OC4C3)OC2)O1. The maximum atomic E-state index is 5.99. The fraction of sp³-hybridized carbons (Fsp3) is 1.00. The Labute approximate surface area is 114 Å². The van der Waals surface area contributed by atoms with Gasteiger partial charge in [-0.2, -0.15) is 0 Å².